The number of halogens is 2. The normalized spacial score (nSPS) is 10.7. The number of aromatic amines is 2. The maximum atomic E-state index is 13.8. The summed E-state index contributed by atoms with van der Waals surface area (Å²) in [5.41, 5.74) is -1.76. The molecule has 0 aliphatic heterocycles. The van der Waals surface area contributed by atoms with Gasteiger partial charge in [-0.2, -0.15) is 0 Å². The standard InChI is InChI=1S/C11H11ClFN3O3/c1-2-3-19-9-5-8(7(13)4-6(9)12)16-10(17)14-15-11(16)18/h4-5H,2-3H2,1H3,(H,14,17)(H,15,18). The number of nitrogens with zero attached hydrogens (tertiary/aromatic N) is 1. The van der Waals surface area contributed by atoms with Crippen molar-refractivity contribution in [1.82, 2.24) is 14.8 Å². The fourth-order valence-electron chi connectivity index (χ4n) is 1.54. The third kappa shape index (κ3) is 2.55. The van der Waals surface area contributed by atoms with Gasteiger partial charge in [0.25, 0.3) is 0 Å². The summed E-state index contributed by atoms with van der Waals surface area (Å²) in [4.78, 5) is 22.9. The molecular formula is C11H11ClFN3O3. The second-order valence-electron chi connectivity index (χ2n) is 3.78. The van der Waals surface area contributed by atoms with Crippen LogP contribution in [0.1, 0.15) is 13.3 Å². The van der Waals surface area contributed by atoms with Crippen LogP contribution in [0, 0.1) is 5.82 Å². The summed E-state index contributed by atoms with van der Waals surface area (Å²) in [6.07, 6.45) is 0.744. The Kier molecular flexibility index (Phi) is 3.75. The Morgan fingerprint density at radius 3 is 2.53 bits per heavy atom. The minimum atomic E-state index is -0.791. The van der Waals surface area contributed by atoms with Gasteiger partial charge in [-0.25, -0.2) is 28.7 Å². The van der Waals surface area contributed by atoms with Crippen LogP contribution in [0.5, 0.6) is 5.75 Å². The highest BCUT2D eigenvalue weighted by Gasteiger charge is 2.15. The average Bonchev–Trinajstić information content (AvgIpc) is 2.69. The van der Waals surface area contributed by atoms with Crippen LogP contribution in [0.4, 0.5) is 4.39 Å². The number of hydrogen-bond acceptors (Lipinski definition) is 3. The largest absolute Gasteiger partial charge is 0.492 e. The van der Waals surface area contributed by atoms with Crippen LogP contribution in [0.25, 0.3) is 5.69 Å². The Hall–Kier alpha value is -2.02. The highest BCUT2D eigenvalue weighted by atomic mass is 35.5. The van der Waals surface area contributed by atoms with E-state index >= 15 is 0 Å². The number of hydrogen-bond donors (Lipinski definition) is 2. The number of aromatic nitrogens is 3. The molecule has 2 N–H and O–H groups in total. The zero-order chi connectivity index (χ0) is 14.0. The SMILES string of the molecule is CCCOc1cc(-n2c(=O)[nH][nH]c2=O)c(F)cc1Cl. The second kappa shape index (κ2) is 5.31. The van der Waals surface area contributed by atoms with E-state index in [9.17, 15) is 14.0 Å². The number of nitrogens with one attached hydrogen (secondary N) is 2. The van der Waals surface area contributed by atoms with Crippen molar-refractivity contribution in [3.8, 4) is 11.4 Å². The van der Waals surface area contributed by atoms with Crippen molar-refractivity contribution in [2.24, 2.45) is 0 Å². The molecule has 8 heteroatoms. The van der Waals surface area contributed by atoms with Crippen LogP contribution in [0.15, 0.2) is 21.7 Å². The summed E-state index contributed by atoms with van der Waals surface area (Å²) >= 11 is 5.83. The minimum Gasteiger partial charge on any atom is -0.492 e. The third-order valence-electron chi connectivity index (χ3n) is 2.39. The zero-order valence-corrected chi connectivity index (χ0v) is 10.8. The molecule has 1 heterocycles. The predicted octanol–water partition coefficient (Wildman–Crippen LogP) is 1.44. The Bertz CT molecular complexity index is 676. The Morgan fingerprint density at radius 1 is 1.32 bits per heavy atom. The van der Waals surface area contributed by atoms with Crippen molar-refractivity contribution >= 4 is 11.6 Å². The van der Waals surface area contributed by atoms with Crippen LogP contribution in [0.3, 0.4) is 0 Å². The Labute approximate surface area is 111 Å². The van der Waals surface area contributed by atoms with E-state index in [2.05, 4.69) is 10.2 Å². The lowest BCUT2D eigenvalue weighted by Gasteiger charge is -2.09. The average molecular weight is 288 g/mol. The fourth-order valence-corrected chi connectivity index (χ4v) is 1.75. The molecule has 0 saturated carbocycles. The monoisotopic (exact) mass is 287 g/mol. The topological polar surface area (TPSA) is 79.9 Å². The van der Waals surface area contributed by atoms with Crippen molar-refractivity contribution < 1.29 is 9.13 Å². The van der Waals surface area contributed by atoms with E-state index in [4.69, 9.17) is 16.3 Å². The predicted molar refractivity (Wildman–Crippen MR) is 67.8 cm³/mol. The molecule has 0 bridgehead atoms. The maximum absolute atomic E-state index is 13.8. The number of rotatable bonds is 4. The molecule has 0 saturated heterocycles. The van der Waals surface area contributed by atoms with Gasteiger partial charge in [-0.3, -0.25) is 0 Å². The molecule has 2 rings (SSSR count). The summed E-state index contributed by atoms with van der Waals surface area (Å²) in [6.45, 7) is 2.29. The van der Waals surface area contributed by atoms with Gasteiger partial charge in [0, 0.05) is 6.07 Å². The van der Waals surface area contributed by atoms with Crippen molar-refractivity contribution in [2.45, 2.75) is 13.3 Å². The molecule has 1 aromatic heterocycles. The molecule has 0 spiro atoms. The summed E-state index contributed by atoms with van der Waals surface area (Å²) < 4.78 is 19.8. The number of H-pyrrole nitrogens is 2. The molecule has 0 unspecified atom stereocenters. The van der Waals surface area contributed by atoms with Crippen LogP contribution in [0.2, 0.25) is 5.02 Å². The van der Waals surface area contributed by atoms with Crippen LogP contribution in [-0.4, -0.2) is 21.4 Å². The quantitative estimate of drug-likeness (QED) is 0.893. The van der Waals surface area contributed by atoms with Crippen molar-refractivity contribution in [3.05, 3.63) is 43.9 Å². The highest BCUT2D eigenvalue weighted by Crippen LogP contribution is 2.28. The molecule has 1 aromatic carbocycles. The molecule has 0 radical (unpaired) electrons. The van der Waals surface area contributed by atoms with Crippen molar-refractivity contribution in [3.63, 3.8) is 0 Å². The summed E-state index contributed by atoms with van der Waals surface area (Å²) in [5, 5.41) is 4.22. The molecule has 102 valence electrons. The van der Waals surface area contributed by atoms with Gasteiger partial charge in [-0.05, 0) is 12.5 Å². The smallest absolute Gasteiger partial charge is 0.349 e. The third-order valence-corrected chi connectivity index (χ3v) is 2.68. The minimum absolute atomic E-state index is 0.0784. The summed E-state index contributed by atoms with van der Waals surface area (Å²) in [6, 6.07) is 2.22. The van der Waals surface area contributed by atoms with Gasteiger partial charge in [0.1, 0.15) is 11.6 Å². The highest BCUT2D eigenvalue weighted by molar-refractivity contribution is 6.32. The molecule has 0 amide bonds. The van der Waals surface area contributed by atoms with E-state index in [0.29, 0.717) is 11.2 Å². The zero-order valence-electron chi connectivity index (χ0n) is 10.00. The molecule has 6 nitrogen and oxygen atoms in total. The molecule has 19 heavy (non-hydrogen) atoms. The summed E-state index contributed by atoms with van der Waals surface area (Å²) in [7, 11) is 0. The van der Waals surface area contributed by atoms with Gasteiger partial charge < -0.3 is 4.74 Å². The van der Waals surface area contributed by atoms with Gasteiger partial charge >= 0.3 is 11.4 Å². The van der Waals surface area contributed by atoms with Crippen LogP contribution >= 0.6 is 11.6 Å². The van der Waals surface area contributed by atoms with Gasteiger partial charge in [0.05, 0.1) is 17.3 Å². The Morgan fingerprint density at radius 2 is 1.95 bits per heavy atom. The molecule has 2 aromatic rings. The lowest BCUT2D eigenvalue weighted by Crippen LogP contribution is -2.25. The first kappa shape index (κ1) is 13.4. The van der Waals surface area contributed by atoms with Gasteiger partial charge in [-0.1, -0.05) is 18.5 Å². The van der Waals surface area contributed by atoms with E-state index in [1.165, 1.54) is 6.07 Å². The molecule has 0 fully saturated rings. The van der Waals surface area contributed by atoms with E-state index in [1.807, 2.05) is 6.92 Å². The number of ether oxygens (including phenoxy) is 1. The van der Waals surface area contributed by atoms with Crippen molar-refractivity contribution in [2.75, 3.05) is 6.61 Å². The van der Waals surface area contributed by atoms with E-state index in [-0.39, 0.29) is 16.5 Å². The lowest BCUT2D eigenvalue weighted by atomic mass is 10.3. The van der Waals surface area contributed by atoms with Gasteiger partial charge in [0.15, 0.2) is 0 Å². The number of benzene rings is 1. The summed E-state index contributed by atoms with van der Waals surface area (Å²) in [5.74, 6) is -0.575. The first-order valence-electron chi connectivity index (χ1n) is 5.56. The first-order valence-corrected chi connectivity index (χ1v) is 5.94. The van der Waals surface area contributed by atoms with Gasteiger partial charge in [-0.15, -0.1) is 0 Å². The van der Waals surface area contributed by atoms with Crippen molar-refractivity contribution in [1.29, 1.82) is 0 Å². The lowest BCUT2D eigenvalue weighted by molar-refractivity contribution is 0.317. The first-order chi connectivity index (χ1) is 9.04. The van der Waals surface area contributed by atoms with Crippen LogP contribution < -0.4 is 16.1 Å². The Balaban J connectivity index is 2.58. The molecule has 0 aliphatic rings. The fraction of sp³-hybridized carbons (Fsp3) is 0.273. The van der Waals surface area contributed by atoms with E-state index < -0.39 is 17.2 Å². The van der Waals surface area contributed by atoms with Gasteiger partial charge in [0.2, 0.25) is 0 Å². The molecular weight excluding hydrogens is 277 g/mol. The second-order valence-corrected chi connectivity index (χ2v) is 4.19. The van der Waals surface area contributed by atoms with Crippen LogP contribution in [-0.2, 0) is 0 Å². The van der Waals surface area contributed by atoms with E-state index in [0.717, 1.165) is 12.5 Å². The van der Waals surface area contributed by atoms with E-state index in [1.54, 1.807) is 0 Å². The molecule has 0 aliphatic carbocycles. The molecule has 0 atom stereocenters. The maximum Gasteiger partial charge on any atom is 0.349 e.